The number of hydrogen-bond acceptors (Lipinski definition) is 3. The molecule has 15 heavy (non-hydrogen) atoms. The molecule has 3 heteroatoms. The Kier molecular flexibility index (Phi) is 4.99. The van der Waals surface area contributed by atoms with Gasteiger partial charge in [0.15, 0.2) is 0 Å². The van der Waals surface area contributed by atoms with Crippen LogP contribution in [-0.2, 0) is 6.54 Å². The van der Waals surface area contributed by atoms with Crippen molar-refractivity contribution in [2.75, 3.05) is 30.5 Å². The van der Waals surface area contributed by atoms with E-state index in [4.69, 9.17) is 5.73 Å². The Labute approximate surface area is 96.8 Å². The first-order valence-electron chi connectivity index (χ1n) is 5.19. The third-order valence-electron chi connectivity index (χ3n) is 2.55. The van der Waals surface area contributed by atoms with E-state index in [1.54, 1.807) is 0 Å². The van der Waals surface area contributed by atoms with Crippen molar-refractivity contribution in [1.82, 2.24) is 0 Å². The molecule has 0 saturated heterocycles. The second-order valence-corrected chi connectivity index (χ2v) is 4.69. The minimum Gasteiger partial charge on any atom is -0.373 e. The molecule has 0 aliphatic carbocycles. The van der Waals surface area contributed by atoms with Gasteiger partial charge in [0.2, 0.25) is 0 Å². The molecular formula is C12H20N2S. The molecule has 0 aliphatic heterocycles. The summed E-state index contributed by atoms with van der Waals surface area (Å²) in [5, 5.41) is 0. The van der Waals surface area contributed by atoms with Crippen LogP contribution in [0.15, 0.2) is 18.2 Å². The van der Waals surface area contributed by atoms with Crippen molar-refractivity contribution in [3.63, 3.8) is 0 Å². The van der Waals surface area contributed by atoms with Crippen LogP contribution in [0, 0.1) is 6.92 Å². The number of thioether (sulfide) groups is 1. The zero-order valence-electron chi connectivity index (χ0n) is 9.79. The van der Waals surface area contributed by atoms with Gasteiger partial charge in [0, 0.05) is 31.6 Å². The summed E-state index contributed by atoms with van der Waals surface area (Å²) in [6.45, 7) is 3.82. The molecule has 0 aliphatic rings. The summed E-state index contributed by atoms with van der Waals surface area (Å²) >= 11 is 1.87. The van der Waals surface area contributed by atoms with Gasteiger partial charge in [-0.05, 0) is 24.3 Å². The van der Waals surface area contributed by atoms with Crippen molar-refractivity contribution in [1.29, 1.82) is 0 Å². The highest BCUT2D eigenvalue weighted by Crippen LogP contribution is 2.23. The monoisotopic (exact) mass is 224 g/mol. The van der Waals surface area contributed by atoms with E-state index in [2.05, 4.69) is 43.3 Å². The number of rotatable bonds is 5. The van der Waals surface area contributed by atoms with Crippen LogP contribution in [0.2, 0.25) is 0 Å². The molecule has 0 bridgehead atoms. The molecule has 1 aromatic rings. The summed E-state index contributed by atoms with van der Waals surface area (Å²) < 4.78 is 0. The molecule has 0 radical (unpaired) electrons. The van der Waals surface area contributed by atoms with Crippen LogP contribution in [0.25, 0.3) is 0 Å². The Morgan fingerprint density at radius 3 is 2.73 bits per heavy atom. The van der Waals surface area contributed by atoms with Gasteiger partial charge in [0.05, 0.1) is 0 Å². The first-order valence-corrected chi connectivity index (χ1v) is 6.58. The normalized spacial score (nSPS) is 10.4. The zero-order chi connectivity index (χ0) is 11.3. The molecule has 2 nitrogen and oxygen atoms in total. The van der Waals surface area contributed by atoms with Gasteiger partial charge in [-0.1, -0.05) is 18.2 Å². The Hall–Kier alpha value is -0.670. The summed E-state index contributed by atoms with van der Waals surface area (Å²) in [6, 6.07) is 6.32. The third kappa shape index (κ3) is 3.14. The largest absolute Gasteiger partial charge is 0.373 e. The fourth-order valence-corrected chi connectivity index (χ4v) is 2.23. The van der Waals surface area contributed by atoms with Gasteiger partial charge in [-0.2, -0.15) is 11.8 Å². The molecule has 0 aromatic heterocycles. The number of hydrogen-bond donors (Lipinski definition) is 1. The number of benzene rings is 1. The molecule has 0 saturated carbocycles. The second-order valence-electron chi connectivity index (χ2n) is 3.70. The number of para-hydroxylation sites is 1. The lowest BCUT2D eigenvalue weighted by molar-refractivity contribution is 0.940. The van der Waals surface area contributed by atoms with Gasteiger partial charge in [0.1, 0.15) is 0 Å². The summed E-state index contributed by atoms with van der Waals surface area (Å²) in [5.41, 5.74) is 9.60. The Balaban J connectivity index is 2.90. The number of nitrogens with two attached hydrogens (primary N) is 1. The van der Waals surface area contributed by atoms with Gasteiger partial charge in [-0.3, -0.25) is 0 Å². The molecule has 0 unspecified atom stereocenters. The second kappa shape index (κ2) is 6.03. The van der Waals surface area contributed by atoms with Crippen LogP contribution in [0.4, 0.5) is 5.69 Å². The standard InChI is InChI=1S/C12H20N2S/c1-10-5-4-6-11(9-13)12(10)14(2)7-8-15-3/h4-6H,7-9,13H2,1-3H3. The van der Waals surface area contributed by atoms with Crippen molar-refractivity contribution < 1.29 is 0 Å². The number of anilines is 1. The lowest BCUT2D eigenvalue weighted by Crippen LogP contribution is -2.23. The van der Waals surface area contributed by atoms with E-state index in [1.165, 1.54) is 16.8 Å². The molecule has 1 rings (SSSR count). The summed E-state index contributed by atoms with van der Waals surface area (Å²) in [4.78, 5) is 2.30. The van der Waals surface area contributed by atoms with Crippen LogP contribution in [0.3, 0.4) is 0 Å². The fourth-order valence-electron chi connectivity index (χ4n) is 1.77. The van der Waals surface area contributed by atoms with E-state index in [0.29, 0.717) is 6.54 Å². The lowest BCUT2D eigenvalue weighted by atomic mass is 10.1. The van der Waals surface area contributed by atoms with Gasteiger partial charge in [-0.15, -0.1) is 0 Å². The predicted molar refractivity (Wildman–Crippen MR) is 70.7 cm³/mol. The first kappa shape index (κ1) is 12.4. The van der Waals surface area contributed by atoms with Gasteiger partial charge < -0.3 is 10.6 Å². The average molecular weight is 224 g/mol. The fraction of sp³-hybridized carbons (Fsp3) is 0.500. The number of nitrogens with zero attached hydrogens (tertiary/aromatic N) is 1. The Morgan fingerprint density at radius 1 is 1.40 bits per heavy atom. The minimum atomic E-state index is 0.612. The maximum atomic E-state index is 5.75. The van der Waals surface area contributed by atoms with Crippen LogP contribution < -0.4 is 10.6 Å². The lowest BCUT2D eigenvalue weighted by Gasteiger charge is -2.23. The Bertz CT molecular complexity index is 312. The Morgan fingerprint density at radius 2 is 2.13 bits per heavy atom. The maximum Gasteiger partial charge on any atom is 0.0439 e. The topological polar surface area (TPSA) is 29.3 Å². The first-order chi connectivity index (χ1) is 7.20. The van der Waals surface area contributed by atoms with Crippen molar-refractivity contribution in [2.24, 2.45) is 5.73 Å². The van der Waals surface area contributed by atoms with Crippen LogP contribution in [0.5, 0.6) is 0 Å². The SMILES string of the molecule is CSCCN(C)c1c(C)cccc1CN. The van der Waals surface area contributed by atoms with Crippen molar-refractivity contribution in [2.45, 2.75) is 13.5 Å². The molecule has 2 N–H and O–H groups in total. The summed E-state index contributed by atoms with van der Waals surface area (Å²) in [7, 11) is 2.14. The average Bonchev–Trinajstić information content (AvgIpc) is 2.25. The van der Waals surface area contributed by atoms with Crippen LogP contribution in [0.1, 0.15) is 11.1 Å². The predicted octanol–water partition coefficient (Wildman–Crippen LogP) is 2.25. The highest BCUT2D eigenvalue weighted by Gasteiger charge is 2.08. The van der Waals surface area contributed by atoms with Gasteiger partial charge >= 0.3 is 0 Å². The third-order valence-corrected chi connectivity index (χ3v) is 3.14. The molecule has 0 heterocycles. The quantitative estimate of drug-likeness (QED) is 0.832. The van der Waals surface area contributed by atoms with E-state index in [-0.39, 0.29) is 0 Å². The molecule has 0 atom stereocenters. The molecule has 0 fully saturated rings. The van der Waals surface area contributed by atoms with E-state index < -0.39 is 0 Å². The van der Waals surface area contributed by atoms with Crippen molar-refractivity contribution in [3.05, 3.63) is 29.3 Å². The van der Waals surface area contributed by atoms with Crippen molar-refractivity contribution in [3.8, 4) is 0 Å². The van der Waals surface area contributed by atoms with E-state index in [0.717, 1.165) is 12.3 Å². The highest BCUT2D eigenvalue weighted by atomic mass is 32.2. The van der Waals surface area contributed by atoms with Crippen LogP contribution >= 0.6 is 11.8 Å². The van der Waals surface area contributed by atoms with E-state index >= 15 is 0 Å². The zero-order valence-corrected chi connectivity index (χ0v) is 10.6. The van der Waals surface area contributed by atoms with E-state index in [9.17, 15) is 0 Å². The van der Waals surface area contributed by atoms with E-state index in [1.807, 2.05) is 11.8 Å². The molecular weight excluding hydrogens is 204 g/mol. The van der Waals surface area contributed by atoms with Gasteiger partial charge in [-0.25, -0.2) is 0 Å². The van der Waals surface area contributed by atoms with Crippen LogP contribution in [-0.4, -0.2) is 25.6 Å². The molecule has 0 spiro atoms. The molecule has 0 amide bonds. The van der Waals surface area contributed by atoms with Gasteiger partial charge in [0.25, 0.3) is 0 Å². The number of aryl methyl sites for hydroxylation is 1. The minimum absolute atomic E-state index is 0.612. The molecule has 84 valence electrons. The summed E-state index contributed by atoms with van der Waals surface area (Å²) in [6.07, 6.45) is 2.13. The smallest absolute Gasteiger partial charge is 0.0439 e. The maximum absolute atomic E-state index is 5.75. The van der Waals surface area contributed by atoms with Crippen molar-refractivity contribution >= 4 is 17.4 Å². The summed E-state index contributed by atoms with van der Waals surface area (Å²) in [5.74, 6) is 1.15. The molecule has 1 aromatic carbocycles. The highest BCUT2D eigenvalue weighted by molar-refractivity contribution is 7.98.